The van der Waals surface area contributed by atoms with Crippen molar-refractivity contribution in [1.82, 2.24) is 15.0 Å². The van der Waals surface area contributed by atoms with Gasteiger partial charge in [0.1, 0.15) is 0 Å². The van der Waals surface area contributed by atoms with E-state index in [1.165, 1.54) is 0 Å². The summed E-state index contributed by atoms with van der Waals surface area (Å²) in [4.78, 5) is 12.7. The van der Waals surface area contributed by atoms with E-state index in [0.717, 1.165) is 22.2 Å². The maximum atomic E-state index is 4.37. The zero-order chi connectivity index (χ0) is 10.8. The van der Waals surface area contributed by atoms with Crippen molar-refractivity contribution in [1.29, 1.82) is 0 Å². The average molecular weight is 207 g/mol. The Labute approximate surface area is 92.8 Å². The Kier molecular flexibility index (Phi) is 2.07. The summed E-state index contributed by atoms with van der Waals surface area (Å²) >= 11 is 0. The van der Waals surface area contributed by atoms with E-state index in [4.69, 9.17) is 0 Å². The number of rotatable bonds is 1. The first-order valence-corrected chi connectivity index (χ1v) is 5.05. The molecule has 3 aromatic rings. The molecular weight excluding hydrogens is 198 g/mol. The second-order valence-corrected chi connectivity index (χ2v) is 3.51. The fourth-order valence-electron chi connectivity index (χ4n) is 1.64. The lowest BCUT2D eigenvalue weighted by atomic mass is 10.1. The van der Waals surface area contributed by atoms with E-state index < -0.39 is 0 Å². The van der Waals surface area contributed by atoms with Crippen molar-refractivity contribution in [2.24, 2.45) is 0 Å². The zero-order valence-electron chi connectivity index (χ0n) is 8.54. The van der Waals surface area contributed by atoms with Crippen LogP contribution >= 0.6 is 0 Å². The lowest BCUT2D eigenvalue weighted by molar-refractivity contribution is 1.31. The highest BCUT2D eigenvalue weighted by atomic mass is 14.7. The van der Waals surface area contributed by atoms with Crippen LogP contribution in [-0.4, -0.2) is 15.0 Å². The maximum absolute atomic E-state index is 4.37. The third kappa shape index (κ3) is 1.52. The molecule has 0 fully saturated rings. The van der Waals surface area contributed by atoms with E-state index in [1.54, 1.807) is 12.4 Å². The fraction of sp³-hybridized carbons (Fsp3) is 0. The molecule has 0 aliphatic carbocycles. The molecule has 3 heteroatoms. The van der Waals surface area contributed by atoms with Gasteiger partial charge in [0.25, 0.3) is 0 Å². The van der Waals surface area contributed by atoms with E-state index in [1.807, 2.05) is 42.7 Å². The molecule has 0 radical (unpaired) electrons. The number of hydrogen-bond acceptors (Lipinski definition) is 3. The summed E-state index contributed by atoms with van der Waals surface area (Å²) in [6.07, 6.45) is 7.21. The van der Waals surface area contributed by atoms with E-state index in [9.17, 15) is 0 Å². The Morgan fingerprint density at radius 2 is 1.69 bits per heavy atom. The summed E-state index contributed by atoms with van der Waals surface area (Å²) in [7, 11) is 0. The van der Waals surface area contributed by atoms with Gasteiger partial charge in [0, 0.05) is 35.9 Å². The van der Waals surface area contributed by atoms with Gasteiger partial charge in [0.2, 0.25) is 0 Å². The van der Waals surface area contributed by atoms with Crippen molar-refractivity contribution in [3.05, 3.63) is 55.1 Å². The van der Waals surface area contributed by atoms with Crippen molar-refractivity contribution in [3.8, 4) is 11.1 Å². The smallest absolute Gasteiger partial charge is 0.0892 e. The molecule has 0 atom stereocenters. The Morgan fingerprint density at radius 1 is 0.750 bits per heavy atom. The van der Waals surface area contributed by atoms with Crippen LogP contribution in [0.15, 0.2) is 55.1 Å². The maximum Gasteiger partial charge on any atom is 0.0892 e. The molecule has 3 nitrogen and oxygen atoms in total. The summed E-state index contributed by atoms with van der Waals surface area (Å²) in [6, 6.07) is 9.80. The number of aromatic nitrogens is 3. The SMILES string of the molecule is c1cncc(-c2cnc3cccnc3c2)c1. The van der Waals surface area contributed by atoms with Gasteiger partial charge in [-0.05, 0) is 24.3 Å². The summed E-state index contributed by atoms with van der Waals surface area (Å²) in [5.41, 5.74) is 3.92. The second-order valence-electron chi connectivity index (χ2n) is 3.51. The highest BCUT2D eigenvalue weighted by Gasteiger charge is 2.00. The van der Waals surface area contributed by atoms with Crippen molar-refractivity contribution < 1.29 is 0 Å². The Balaban J connectivity index is 2.19. The monoisotopic (exact) mass is 207 g/mol. The standard InChI is InChI=1S/C13H9N3/c1-3-10(8-14-5-1)11-7-13-12(16-9-11)4-2-6-15-13/h1-9H. The van der Waals surface area contributed by atoms with E-state index >= 15 is 0 Å². The van der Waals surface area contributed by atoms with Gasteiger partial charge >= 0.3 is 0 Å². The van der Waals surface area contributed by atoms with Gasteiger partial charge in [0.15, 0.2) is 0 Å². The third-order valence-corrected chi connectivity index (χ3v) is 2.45. The quantitative estimate of drug-likeness (QED) is 0.615. The minimum atomic E-state index is 0.906. The minimum Gasteiger partial charge on any atom is -0.264 e. The molecule has 0 amide bonds. The molecule has 0 saturated heterocycles. The lowest BCUT2D eigenvalue weighted by Crippen LogP contribution is -1.85. The highest BCUT2D eigenvalue weighted by molar-refractivity contribution is 5.79. The van der Waals surface area contributed by atoms with Crippen LogP contribution in [0.25, 0.3) is 22.2 Å². The van der Waals surface area contributed by atoms with Gasteiger partial charge in [-0.2, -0.15) is 0 Å². The van der Waals surface area contributed by atoms with Crippen LogP contribution in [0.3, 0.4) is 0 Å². The summed E-state index contributed by atoms with van der Waals surface area (Å²) < 4.78 is 0. The van der Waals surface area contributed by atoms with Crippen LogP contribution in [0, 0.1) is 0 Å². The molecule has 0 N–H and O–H groups in total. The number of fused-ring (bicyclic) bond motifs is 1. The predicted molar refractivity (Wildman–Crippen MR) is 62.8 cm³/mol. The van der Waals surface area contributed by atoms with Gasteiger partial charge in [-0.1, -0.05) is 6.07 Å². The predicted octanol–water partition coefficient (Wildman–Crippen LogP) is 2.69. The third-order valence-electron chi connectivity index (χ3n) is 2.45. The van der Waals surface area contributed by atoms with Crippen molar-refractivity contribution in [2.45, 2.75) is 0 Å². The molecule has 0 aromatic carbocycles. The first-order chi connectivity index (χ1) is 7.93. The van der Waals surface area contributed by atoms with E-state index in [-0.39, 0.29) is 0 Å². The van der Waals surface area contributed by atoms with E-state index in [2.05, 4.69) is 15.0 Å². The molecule has 0 saturated carbocycles. The molecule has 0 aliphatic heterocycles. The molecule has 0 aliphatic rings. The van der Waals surface area contributed by atoms with Crippen molar-refractivity contribution >= 4 is 11.0 Å². The molecule has 0 unspecified atom stereocenters. The van der Waals surface area contributed by atoms with Gasteiger partial charge in [-0.3, -0.25) is 15.0 Å². The highest BCUT2D eigenvalue weighted by Crippen LogP contribution is 2.20. The molecule has 0 spiro atoms. The molecule has 0 bridgehead atoms. The normalized spacial score (nSPS) is 10.5. The summed E-state index contributed by atoms with van der Waals surface area (Å²) in [6.45, 7) is 0. The molecular formula is C13H9N3. The average Bonchev–Trinajstić information content (AvgIpc) is 2.39. The van der Waals surface area contributed by atoms with Gasteiger partial charge < -0.3 is 0 Å². The van der Waals surface area contributed by atoms with Crippen LogP contribution in [0.2, 0.25) is 0 Å². The summed E-state index contributed by atoms with van der Waals surface area (Å²) in [5, 5.41) is 0. The minimum absolute atomic E-state index is 0.906. The number of pyridine rings is 3. The Hall–Kier alpha value is -2.29. The zero-order valence-corrected chi connectivity index (χ0v) is 8.54. The summed E-state index contributed by atoms with van der Waals surface area (Å²) in [5.74, 6) is 0. The lowest BCUT2D eigenvalue weighted by Gasteiger charge is -2.01. The molecule has 3 heterocycles. The fourth-order valence-corrected chi connectivity index (χ4v) is 1.64. The van der Waals surface area contributed by atoms with Crippen LogP contribution in [0.5, 0.6) is 0 Å². The van der Waals surface area contributed by atoms with Crippen LogP contribution < -0.4 is 0 Å². The van der Waals surface area contributed by atoms with Crippen molar-refractivity contribution in [3.63, 3.8) is 0 Å². The van der Waals surface area contributed by atoms with E-state index in [0.29, 0.717) is 0 Å². The Morgan fingerprint density at radius 3 is 2.56 bits per heavy atom. The molecule has 3 rings (SSSR count). The number of nitrogens with zero attached hydrogens (tertiary/aromatic N) is 3. The first kappa shape index (κ1) is 8.97. The largest absolute Gasteiger partial charge is 0.264 e. The van der Waals surface area contributed by atoms with Gasteiger partial charge in [-0.25, -0.2) is 0 Å². The molecule has 76 valence electrons. The van der Waals surface area contributed by atoms with Gasteiger partial charge in [-0.15, -0.1) is 0 Å². The second kappa shape index (κ2) is 3.70. The topological polar surface area (TPSA) is 38.7 Å². The molecule has 3 aromatic heterocycles. The Bertz CT molecular complexity index is 620. The van der Waals surface area contributed by atoms with Gasteiger partial charge in [0.05, 0.1) is 11.0 Å². The van der Waals surface area contributed by atoms with Crippen LogP contribution in [-0.2, 0) is 0 Å². The van der Waals surface area contributed by atoms with Crippen LogP contribution in [0.1, 0.15) is 0 Å². The number of hydrogen-bond donors (Lipinski definition) is 0. The first-order valence-electron chi connectivity index (χ1n) is 5.05. The molecule has 16 heavy (non-hydrogen) atoms. The van der Waals surface area contributed by atoms with Crippen molar-refractivity contribution in [2.75, 3.05) is 0 Å². The van der Waals surface area contributed by atoms with Crippen LogP contribution in [0.4, 0.5) is 0 Å².